The molecule has 0 spiro atoms. The van der Waals surface area contributed by atoms with Crippen LogP contribution >= 0.6 is 0 Å². The second kappa shape index (κ2) is 11.8. The molecule has 1 N–H and O–H groups in total. The predicted octanol–water partition coefficient (Wildman–Crippen LogP) is 3.05. The number of benzene rings is 2. The van der Waals surface area contributed by atoms with Crippen molar-refractivity contribution in [1.29, 1.82) is 0 Å². The summed E-state index contributed by atoms with van der Waals surface area (Å²) in [6, 6.07) is 9.38. The molecule has 1 saturated carbocycles. The number of nitrogens with one attached hydrogen (secondary N) is 1. The van der Waals surface area contributed by atoms with Gasteiger partial charge in [-0.3, -0.25) is 9.59 Å². The number of carbonyl (C=O) groups is 2. The van der Waals surface area contributed by atoms with E-state index in [1.165, 1.54) is 55.4 Å². The third kappa shape index (κ3) is 6.79. The highest BCUT2D eigenvalue weighted by atomic mass is 32.2. The van der Waals surface area contributed by atoms with E-state index in [-0.39, 0.29) is 24.2 Å². The zero-order valence-corrected chi connectivity index (χ0v) is 21.5. The molecule has 2 aromatic carbocycles. The minimum Gasteiger partial charge on any atom is -0.352 e. The normalized spacial score (nSPS) is 15.1. The quantitative estimate of drug-likeness (QED) is 0.520. The number of hydrogen-bond donors (Lipinski definition) is 1. The molecule has 196 valence electrons. The third-order valence-corrected chi connectivity index (χ3v) is 8.09. The molecule has 1 fully saturated rings. The van der Waals surface area contributed by atoms with Crippen LogP contribution in [0.25, 0.3) is 0 Å². The first-order valence-corrected chi connectivity index (χ1v) is 13.2. The average Bonchev–Trinajstić information content (AvgIpc) is 3.35. The van der Waals surface area contributed by atoms with Gasteiger partial charge in [0.15, 0.2) is 0 Å². The average molecular weight is 523 g/mol. The van der Waals surface area contributed by atoms with Gasteiger partial charge in [0.1, 0.15) is 24.2 Å². The molecule has 1 aliphatic carbocycles. The van der Waals surface area contributed by atoms with E-state index in [1.54, 1.807) is 6.92 Å². The minimum absolute atomic E-state index is 0.0301. The number of halogens is 2. The molecule has 0 aliphatic heterocycles. The Labute approximate surface area is 211 Å². The van der Waals surface area contributed by atoms with Gasteiger partial charge in [0.05, 0.1) is 5.69 Å². The van der Waals surface area contributed by atoms with Crippen LogP contribution in [0.3, 0.4) is 0 Å². The van der Waals surface area contributed by atoms with E-state index in [0.29, 0.717) is 5.56 Å². The van der Waals surface area contributed by atoms with Crippen molar-refractivity contribution in [2.45, 2.75) is 51.2 Å². The van der Waals surface area contributed by atoms with E-state index in [2.05, 4.69) is 5.32 Å². The number of hydrogen-bond acceptors (Lipinski definition) is 4. The third-order valence-electron chi connectivity index (χ3n) is 6.27. The summed E-state index contributed by atoms with van der Waals surface area (Å²) in [5.74, 6) is -1.98. The molecular formula is C25H32F2N4O4S. The van der Waals surface area contributed by atoms with E-state index in [9.17, 15) is 26.8 Å². The molecule has 0 aromatic heterocycles. The van der Waals surface area contributed by atoms with Gasteiger partial charge in [-0.1, -0.05) is 25.0 Å². The van der Waals surface area contributed by atoms with Gasteiger partial charge in [0.2, 0.25) is 11.8 Å². The Balaban J connectivity index is 1.91. The maximum atomic E-state index is 13.6. The van der Waals surface area contributed by atoms with E-state index in [4.69, 9.17) is 0 Å². The van der Waals surface area contributed by atoms with Crippen LogP contribution in [-0.2, 0) is 26.3 Å². The van der Waals surface area contributed by atoms with Crippen LogP contribution in [0.5, 0.6) is 0 Å². The SMILES string of the molecule is C[C@@H](C(=O)NC1CCCC1)N(Cc1ccc(F)cc1)C(=O)CN(c1ccc(F)cc1)S(=O)(=O)N(C)C. The molecule has 3 rings (SSSR count). The summed E-state index contributed by atoms with van der Waals surface area (Å²) in [4.78, 5) is 27.9. The first kappa shape index (κ1) is 27.5. The summed E-state index contributed by atoms with van der Waals surface area (Å²) in [5, 5.41) is 2.97. The lowest BCUT2D eigenvalue weighted by molar-refractivity contribution is -0.139. The summed E-state index contributed by atoms with van der Waals surface area (Å²) in [5.41, 5.74) is 0.678. The monoisotopic (exact) mass is 522 g/mol. The van der Waals surface area contributed by atoms with Crippen molar-refractivity contribution in [2.75, 3.05) is 24.9 Å². The first-order chi connectivity index (χ1) is 17.0. The van der Waals surface area contributed by atoms with Gasteiger partial charge in [-0.05, 0) is 61.7 Å². The van der Waals surface area contributed by atoms with Crippen molar-refractivity contribution < 1.29 is 26.8 Å². The van der Waals surface area contributed by atoms with Crippen molar-refractivity contribution in [3.8, 4) is 0 Å². The minimum atomic E-state index is -4.13. The summed E-state index contributed by atoms with van der Waals surface area (Å²) in [7, 11) is -1.48. The van der Waals surface area contributed by atoms with E-state index in [1.807, 2.05) is 0 Å². The first-order valence-electron chi connectivity index (χ1n) is 11.8. The summed E-state index contributed by atoms with van der Waals surface area (Å²) < 4.78 is 54.9. The van der Waals surface area contributed by atoms with Crippen LogP contribution in [0, 0.1) is 11.6 Å². The standard InChI is InChI=1S/C25H32F2N4O4S/c1-18(25(33)28-22-6-4-5-7-22)30(16-19-8-10-20(26)11-9-19)24(32)17-31(36(34,35)29(2)3)23-14-12-21(27)13-15-23/h8-15,18,22H,4-7,16-17H2,1-3H3,(H,28,33)/t18-/m0/s1. The van der Waals surface area contributed by atoms with Crippen molar-refractivity contribution >= 4 is 27.7 Å². The van der Waals surface area contributed by atoms with Crippen LogP contribution in [-0.4, -0.2) is 62.2 Å². The van der Waals surface area contributed by atoms with Crippen molar-refractivity contribution in [2.24, 2.45) is 0 Å². The van der Waals surface area contributed by atoms with Gasteiger partial charge in [-0.15, -0.1) is 0 Å². The lowest BCUT2D eigenvalue weighted by atomic mass is 10.1. The summed E-state index contributed by atoms with van der Waals surface area (Å²) >= 11 is 0. The van der Waals surface area contributed by atoms with Gasteiger partial charge >= 0.3 is 10.2 Å². The van der Waals surface area contributed by atoms with Crippen LogP contribution in [0.4, 0.5) is 14.5 Å². The maximum absolute atomic E-state index is 13.6. The van der Waals surface area contributed by atoms with E-state index in [0.717, 1.165) is 46.4 Å². The molecule has 0 saturated heterocycles. The maximum Gasteiger partial charge on any atom is 0.304 e. The van der Waals surface area contributed by atoms with Crippen LogP contribution in [0.15, 0.2) is 48.5 Å². The smallest absolute Gasteiger partial charge is 0.304 e. The topological polar surface area (TPSA) is 90.0 Å². The van der Waals surface area contributed by atoms with Crippen LogP contribution < -0.4 is 9.62 Å². The number of amides is 2. The molecule has 8 nitrogen and oxygen atoms in total. The highest BCUT2D eigenvalue weighted by Gasteiger charge is 2.33. The molecule has 2 aromatic rings. The number of rotatable bonds is 10. The van der Waals surface area contributed by atoms with E-state index >= 15 is 0 Å². The number of carbonyl (C=O) groups excluding carboxylic acids is 2. The van der Waals surface area contributed by atoms with Gasteiger partial charge in [-0.2, -0.15) is 12.7 Å². The molecule has 1 aliphatic rings. The lowest BCUT2D eigenvalue weighted by Crippen LogP contribution is -2.53. The molecule has 36 heavy (non-hydrogen) atoms. The second-order valence-corrected chi connectivity index (χ2v) is 11.2. The molecule has 0 radical (unpaired) electrons. The highest BCUT2D eigenvalue weighted by molar-refractivity contribution is 7.90. The Hall–Kier alpha value is -3.05. The fourth-order valence-corrected chi connectivity index (χ4v) is 5.14. The zero-order chi connectivity index (χ0) is 26.5. The van der Waals surface area contributed by atoms with Gasteiger partial charge in [-0.25, -0.2) is 13.1 Å². The Morgan fingerprint density at radius 2 is 1.50 bits per heavy atom. The van der Waals surface area contributed by atoms with Crippen LogP contribution in [0.2, 0.25) is 0 Å². The fraction of sp³-hybridized carbons (Fsp3) is 0.440. The Morgan fingerprint density at radius 3 is 2.03 bits per heavy atom. The summed E-state index contributed by atoms with van der Waals surface area (Å²) in [6.45, 7) is 0.931. The number of anilines is 1. The molecule has 1 atom stereocenters. The molecule has 0 heterocycles. The van der Waals surface area contributed by atoms with Crippen molar-refractivity contribution in [3.63, 3.8) is 0 Å². The molecular weight excluding hydrogens is 490 g/mol. The molecule has 0 unspecified atom stereocenters. The Bertz CT molecular complexity index is 1150. The van der Waals surface area contributed by atoms with Gasteiger partial charge in [0.25, 0.3) is 0 Å². The van der Waals surface area contributed by atoms with Crippen molar-refractivity contribution in [1.82, 2.24) is 14.5 Å². The highest BCUT2D eigenvalue weighted by Crippen LogP contribution is 2.22. The molecule has 11 heteroatoms. The molecule has 0 bridgehead atoms. The largest absolute Gasteiger partial charge is 0.352 e. The molecule has 2 amide bonds. The Kier molecular flexibility index (Phi) is 9.02. The van der Waals surface area contributed by atoms with Gasteiger partial charge < -0.3 is 10.2 Å². The lowest BCUT2D eigenvalue weighted by Gasteiger charge is -2.33. The Morgan fingerprint density at radius 1 is 0.972 bits per heavy atom. The van der Waals surface area contributed by atoms with Crippen molar-refractivity contribution in [3.05, 3.63) is 65.7 Å². The number of nitrogens with zero attached hydrogens (tertiary/aromatic N) is 3. The fourth-order valence-electron chi connectivity index (χ4n) is 4.09. The summed E-state index contributed by atoms with van der Waals surface area (Å²) in [6.07, 6.45) is 3.77. The predicted molar refractivity (Wildman–Crippen MR) is 133 cm³/mol. The van der Waals surface area contributed by atoms with Crippen LogP contribution in [0.1, 0.15) is 38.2 Å². The zero-order valence-electron chi connectivity index (χ0n) is 20.7. The second-order valence-electron chi connectivity index (χ2n) is 9.09. The van der Waals surface area contributed by atoms with Gasteiger partial charge in [0, 0.05) is 26.7 Å². The van der Waals surface area contributed by atoms with E-state index < -0.39 is 40.3 Å².